The highest BCUT2D eigenvalue weighted by Gasteiger charge is 2.08. The van der Waals surface area contributed by atoms with Gasteiger partial charge < -0.3 is 10.1 Å². The maximum absolute atomic E-state index is 10.9. The van der Waals surface area contributed by atoms with Gasteiger partial charge in [0.25, 0.3) is 10.1 Å². The second-order valence-electron chi connectivity index (χ2n) is 4.20. The number of anilines is 1. The predicted octanol–water partition coefficient (Wildman–Crippen LogP) is 2.55. The smallest absolute Gasteiger partial charge is 0.294 e. The number of hydrogen-bond donors (Lipinski definition) is 2. The van der Waals surface area contributed by atoms with Gasteiger partial charge in [0.1, 0.15) is 5.75 Å². The van der Waals surface area contributed by atoms with Crippen LogP contribution in [0.5, 0.6) is 5.75 Å². The number of methoxy groups -OCH3 is 1. The molecule has 0 saturated heterocycles. The first-order valence-electron chi connectivity index (χ1n) is 5.93. The summed E-state index contributed by atoms with van der Waals surface area (Å²) in [6.07, 6.45) is 0. The lowest BCUT2D eigenvalue weighted by molar-refractivity contribution is 0.414. The molecule has 0 aromatic heterocycles. The van der Waals surface area contributed by atoms with Crippen LogP contribution in [0.1, 0.15) is 5.56 Å². The standard InChI is InChI=1S/C14H15NO4S/c1-19-13-4-2-3-11(9-13)10-15-12-5-7-14(8-6-12)20(16,17)18/h2-9,15H,10H2,1H3,(H,16,17,18). The minimum Gasteiger partial charge on any atom is -0.497 e. The van der Waals surface area contributed by atoms with Crippen LogP contribution < -0.4 is 10.1 Å². The fraction of sp³-hybridized carbons (Fsp3) is 0.143. The van der Waals surface area contributed by atoms with Crippen LogP contribution in [0.15, 0.2) is 53.4 Å². The molecule has 0 saturated carbocycles. The summed E-state index contributed by atoms with van der Waals surface area (Å²) in [5.74, 6) is 0.783. The largest absolute Gasteiger partial charge is 0.497 e. The maximum atomic E-state index is 10.9. The van der Waals surface area contributed by atoms with Crippen LogP contribution >= 0.6 is 0 Å². The molecule has 6 heteroatoms. The van der Waals surface area contributed by atoms with Gasteiger partial charge in [-0.25, -0.2) is 0 Å². The molecule has 0 spiro atoms. The van der Waals surface area contributed by atoms with E-state index in [0.717, 1.165) is 17.0 Å². The first-order chi connectivity index (χ1) is 9.49. The fourth-order valence-electron chi connectivity index (χ4n) is 1.73. The van der Waals surface area contributed by atoms with Crippen molar-refractivity contribution in [2.75, 3.05) is 12.4 Å². The third-order valence-corrected chi connectivity index (χ3v) is 3.65. The number of ether oxygens (including phenoxy) is 1. The van der Waals surface area contributed by atoms with Crippen molar-refractivity contribution in [2.45, 2.75) is 11.4 Å². The molecule has 2 N–H and O–H groups in total. The van der Waals surface area contributed by atoms with Crippen molar-refractivity contribution >= 4 is 15.8 Å². The molecule has 0 aliphatic heterocycles. The Labute approximate surface area is 118 Å². The normalized spacial score (nSPS) is 11.1. The van der Waals surface area contributed by atoms with E-state index in [9.17, 15) is 8.42 Å². The minimum absolute atomic E-state index is 0.121. The quantitative estimate of drug-likeness (QED) is 0.829. The molecule has 0 aliphatic rings. The van der Waals surface area contributed by atoms with Crippen molar-refractivity contribution in [1.82, 2.24) is 0 Å². The molecule has 20 heavy (non-hydrogen) atoms. The highest BCUT2D eigenvalue weighted by atomic mass is 32.2. The lowest BCUT2D eigenvalue weighted by Crippen LogP contribution is -2.01. The lowest BCUT2D eigenvalue weighted by Gasteiger charge is -2.08. The molecule has 0 radical (unpaired) electrons. The molecular formula is C14H15NO4S. The van der Waals surface area contributed by atoms with E-state index in [2.05, 4.69) is 5.32 Å². The van der Waals surface area contributed by atoms with Gasteiger partial charge in [-0.2, -0.15) is 8.42 Å². The molecule has 0 fully saturated rings. The zero-order chi connectivity index (χ0) is 14.6. The van der Waals surface area contributed by atoms with E-state index in [1.807, 2.05) is 24.3 Å². The van der Waals surface area contributed by atoms with Crippen molar-refractivity contribution in [3.8, 4) is 5.75 Å². The summed E-state index contributed by atoms with van der Waals surface area (Å²) < 4.78 is 35.9. The minimum atomic E-state index is -4.14. The van der Waals surface area contributed by atoms with Crippen molar-refractivity contribution < 1.29 is 17.7 Å². The maximum Gasteiger partial charge on any atom is 0.294 e. The SMILES string of the molecule is COc1cccc(CNc2ccc(S(=O)(=O)O)cc2)c1. The number of rotatable bonds is 5. The van der Waals surface area contributed by atoms with Gasteiger partial charge in [-0.15, -0.1) is 0 Å². The van der Waals surface area contributed by atoms with Gasteiger partial charge in [-0.1, -0.05) is 12.1 Å². The molecule has 2 aromatic carbocycles. The predicted molar refractivity (Wildman–Crippen MR) is 76.6 cm³/mol. The first kappa shape index (κ1) is 14.4. The third kappa shape index (κ3) is 3.72. The average Bonchev–Trinajstić information content (AvgIpc) is 2.45. The van der Waals surface area contributed by atoms with Gasteiger partial charge in [0, 0.05) is 12.2 Å². The number of benzene rings is 2. The van der Waals surface area contributed by atoms with Gasteiger partial charge in [0.05, 0.1) is 12.0 Å². The Balaban J connectivity index is 2.04. The summed E-state index contributed by atoms with van der Waals surface area (Å²) in [4.78, 5) is -0.121. The Morgan fingerprint density at radius 2 is 1.85 bits per heavy atom. The third-order valence-electron chi connectivity index (χ3n) is 2.78. The fourth-order valence-corrected chi connectivity index (χ4v) is 2.21. The summed E-state index contributed by atoms with van der Waals surface area (Å²) in [6.45, 7) is 0.586. The van der Waals surface area contributed by atoms with Crippen molar-refractivity contribution in [2.24, 2.45) is 0 Å². The molecule has 0 heterocycles. The van der Waals surface area contributed by atoms with E-state index >= 15 is 0 Å². The molecule has 106 valence electrons. The number of nitrogens with one attached hydrogen (secondary N) is 1. The van der Waals surface area contributed by atoms with Gasteiger partial charge in [0.15, 0.2) is 0 Å². The van der Waals surface area contributed by atoms with Crippen LogP contribution in [-0.4, -0.2) is 20.1 Å². The summed E-state index contributed by atoms with van der Waals surface area (Å²) in [5, 5.41) is 3.16. The topological polar surface area (TPSA) is 75.6 Å². The van der Waals surface area contributed by atoms with Crippen molar-refractivity contribution in [3.05, 3.63) is 54.1 Å². The van der Waals surface area contributed by atoms with Crippen molar-refractivity contribution in [3.63, 3.8) is 0 Å². The molecule has 0 amide bonds. The second kappa shape index (κ2) is 5.94. The Kier molecular flexibility index (Phi) is 4.26. The summed E-state index contributed by atoms with van der Waals surface area (Å²) >= 11 is 0. The van der Waals surface area contributed by atoms with Crippen LogP contribution in [0.3, 0.4) is 0 Å². The van der Waals surface area contributed by atoms with E-state index in [0.29, 0.717) is 6.54 Å². The molecule has 0 unspecified atom stereocenters. The monoisotopic (exact) mass is 293 g/mol. The zero-order valence-corrected chi connectivity index (χ0v) is 11.7. The average molecular weight is 293 g/mol. The molecule has 2 rings (SSSR count). The van der Waals surface area contributed by atoms with Crippen molar-refractivity contribution in [1.29, 1.82) is 0 Å². The molecule has 0 aliphatic carbocycles. The van der Waals surface area contributed by atoms with E-state index < -0.39 is 10.1 Å². The molecule has 0 bridgehead atoms. The van der Waals surface area contributed by atoms with Crippen LogP contribution in [-0.2, 0) is 16.7 Å². The number of hydrogen-bond acceptors (Lipinski definition) is 4. The Hall–Kier alpha value is -2.05. The van der Waals surface area contributed by atoms with E-state index in [4.69, 9.17) is 9.29 Å². The van der Waals surface area contributed by atoms with Gasteiger partial charge in [-0.05, 0) is 42.0 Å². The van der Waals surface area contributed by atoms with E-state index in [1.165, 1.54) is 12.1 Å². The molecular weight excluding hydrogens is 278 g/mol. The summed E-state index contributed by atoms with van der Waals surface area (Å²) in [5.41, 5.74) is 1.81. The highest BCUT2D eigenvalue weighted by molar-refractivity contribution is 7.85. The van der Waals surface area contributed by atoms with Gasteiger partial charge in [-0.3, -0.25) is 4.55 Å². The van der Waals surface area contributed by atoms with Crippen LogP contribution in [0.2, 0.25) is 0 Å². The first-order valence-corrected chi connectivity index (χ1v) is 7.37. The zero-order valence-electron chi connectivity index (χ0n) is 10.9. The highest BCUT2D eigenvalue weighted by Crippen LogP contribution is 2.16. The molecule has 0 atom stereocenters. The lowest BCUT2D eigenvalue weighted by atomic mass is 10.2. The van der Waals surface area contributed by atoms with Crippen LogP contribution in [0.4, 0.5) is 5.69 Å². The summed E-state index contributed by atoms with van der Waals surface area (Å²) in [7, 11) is -2.53. The Bertz CT molecular complexity index is 681. The van der Waals surface area contributed by atoms with Gasteiger partial charge >= 0.3 is 0 Å². The Morgan fingerprint density at radius 3 is 2.45 bits per heavy atom. The Morgan fingerprint density at radius 1 is 1.15 bits per heavy atom. The summed E-state index contributed by atoms with van der Waals surface area (Å²) in [6, 6.07) is 13.5. The van der Waals surface area contributed by atoms with E-state index in [1.54, 1.807) is 19.2 Å². The molecule has 2 aromatic rings. The molecule has 5 nitrogen and oxygen atoms in total. The second-order valence-corrected chi connectivity index (χ2v) is 5.63. The van der Waals surface area contributed by atoms with Gasteiger partial charge in [0.2, 0.25) is 0 Å². The van der Waals surface area contributed by atoms with Crippen LogP contribution in [0.25, 0.3) is 0 Å². The van der Waals surface area contributed by atoms with Crippen LogP contribution in [0, 0.1) is 0 Å². The van der Waals surface area contributed by atoms with E-state index in [-0.39, 0.29) is 4.90 Å².